The Kier molecular flexibility index (Phi) is 4.36. The molecule has 2 aliphatic rings. The number of carbonyl (C=O) groups excluding carboxylic acids is 2. The zero-order chi connectivity index (χ0) is 20.9. The molecule has 3 aromatic rings. The van der Waals surface area contributed by atoms with Crippen molar-refractivity contribution < 1.29 is 14.7 Å². The molecule has 30 heavy (non-hydrogen) atoms. The highest BCUT2D eigenvalue weighted by molar-refractivity contribution is 5.97. The Balaban J connectivity index is 1.29. The average molecular weight is 404 g/mol. The van der Waals surface area contributed by atoms with Crippen molar-refractivity contribution in [1.82, 2.24) is 19.6 Å². The standard InChI is InChI=1S/C23H24N4O3/c1-25-20-18(15-24-25)3-2-4-19(20)16-5-7-17(8-6-16)21(28)26-11-13-27(14-12-26)22(29)23(30)9-10-23/h2-8,15,30H,9-14H2,1H3. The van der Waals surface area contributed by atoms with Crippen LogP contribution in [0, 0.1) is 0 Å². The topological polar surface area (TPSA) is 78.7 Å². The summed E-state index contributed by atoms with van der Waals surface area (Å²) in [5, 5.41) is 15.4. The van der Waals surface area contributed by atoms with E-state index < -0.39 is 5.60 Å². The molecule has 2 fully saturated rings. The maximum absolute atomic E-state index is 12.9. The van der Waals surface area contributed by atoms with Crippen LogP contribution in [0.5, 0.6) is 0 Å². The molecule has 1 aliphatic heterocycles. The number of amides is 2. The van der Waals surface area contributed by atoms with Crippen LogP contribution in [-0.4, -0.2) is 68.3 Å². The van der Waals surface area contributed by atoms with Crippen LogP contribution >= 0.6 is 0 Å². The molecule has 0 bridgehead atoms. The van der Waals surface area contributed by atoms with E-state index in [1.54, 1.807) is 9.80 Å². The minimum absolute atomic E-state index is 0.0301. The van der Waals surface area contributed by atoms with E-state index in [-0.39, 0.29) is 11.8 Å². The molecule has 2 amide bonds. The van der Waals surface area contributed by atoms with Crippen molar-refractivity contribution in [3.05, 3.63) is 54.2 Å². The molecule has 1 saturated carbocycles. The molecule has 1 aromatic heterocycles. The summed E-state index contributed by atoms with van der Waals surface area (Å²) in [6.45, 7) is 1.90. The first-order valence-corrected chi connectivity index (χ1v) is 10.3. The summed E-state index contributed by atoms with van der Waals surface area (Å²) in [6, 6.07) is 13.8. The Labute approximate surface area is 174 Å². The van der Waals surface area contributed by atoms with Gasteiger partial charge in [-0.3, -0.25) is 14.3 Å². The number of benzene rings is 2. The van der Waals surface area contributed by atoms with Gasteiger partial charge in [-0.1, -0.05) is 30.3 Å². The van der Waals surface area contributed by atoms with Crippen LogP contribution in [-0.2, 0) is 11.8 Å². The molecule has 0 radical (unpaired) electrons. The summed E-state index contributed by atoms with van der Waals surface area (Å²) >= 11 is 0. The van der Waals surface area contributed by atoms with Crippen molar-refractivity contribution in [2.24, 2.45) is 7.05 Å². The molecule has 1 aliphatic carbocycles. The lowest BCUT2D eigenvalue weighted by Gasteiger charge is -2.35. The highest BCUT2D eigenvalue weighted by Crippen LogP contribution is 2.37. The molecule has 1 N–H and O–H groups in total. The number of para-hydroxylation sites is 1. The molecule has 154 valence electrons. The Morgan fingerprint density at radius 2 is 1.63 bits per heavy atom. The number of hydrogen-bond acceptors (Lipinski definition) is 4. The fourth-order valence-corrected chi connectivity index (χ4v) is 4.18. The molecule has 2 aromatic carbocycles. The van der Waals surface area contributed by atoms with Gasteiger partial charge in [-0.15, -0.1) is 0 Å². The summed E-state index contributed by atoms with van der Waals surface area (Å²) in [5.74, 6) is -0.221. The Morgan fingerprint density at radius 3 is 2.30 bits per heavy atom. The zero-order valence-electron chi connectivity index (χ0n) is 16.9. The lowest BCUT2D eigenvalue weighted by molar-refractivity contribution is -0.143. The van der Waals surface area contributed by atoms with Crippen LogP contribution in [0.25, 0.3) is 22.0 Å². The third-order valence-corrected chi connectivity index (χ3v) is 6.18. The van der Waals surface area contributed by atoms with E-state index in [1.165, 1.54) is 0 Å². The van der Waals surface area contributed by atoms with Gasteiger partial charge in [0.25, 0.3) is 11.8 Å². The predicted octanol–water partition coefficient (Wildman–Crippen LogP) is 2.05. The molecule has 5 rings (SSSR count). The molecule has 7 nitrogen and oxygen atoms in total. The van der Waals surface area contributed by atoms with E-state index in [1.807, 2.05) is 54.3 Å². The van der Waals surface area contributed by atoms with E-state index in [4.69, 9.17) is 0 Å². The molecule has 0 unspecified atom stereocenters. The highest BCUT2D eigenvalue weighted by Gasteiger charge is 2.50. The summed E-state index contributed by atoms with van der Waals surface area (Å²) in [4.78, 5) is 28.6. The molecular formula is C23H24N4O3. The van der Waals surface area contributed by atoms with Crippen LogP contribution in [0.15, 0.2) is 48.7 Å². The molecule has 2 heterocycles. The van der Waals surface area contributed by atoms with Gasteiger partial charge in [0, 0.05) is 49.7 Å². The zero-order valence-corrected chi connectivity index (χ0v) is 16.9. The first-order valence-electron chi connectivity index (χ1n) is 10.3. The number of aryl methyl sites for hydroxylation is 1. The molecule has 0 atom stereocenters. The third kappa shape index (κ3) is 3.15. The van der Waals surface area contributed by atoms with Crippen molar-refractivity contribution in [2.75, 3.05) is 26.2 Å². The highest BCUT2D eigenvalue weighted by atomic mass is 16.3. The Morgan fingerprint density at radius 1 is 0.967 bits per heavy atom. The normalized spacial score (nSPS) is 17.9. The van der Waals surface area contributed by atoms with Gasteiger partial charge in [-0.2, -0.15) is 5.10 Å². The minimum atomic E-state index is -1.14. The largest absolute Gasteiger partial charge is 0.380 e. The molecule has 0 spiro atoms. The van der Waals surface area contributed by atoms with Crippen molar-refractivity contribution >= 4 is 22.7 Å². The van der Waals surface area contributed by atoms with Crippen LogP contribution in [0.2, 0.25) is 0 Å². The predicted molar refractivity (Wildman–Crippen MR) is 113 cm³/mol. The first kappa shape index (κ1) is 18.8. The fraction of sp³-hybridized carbons (Fsp3) is 0.348. The van der Waals surface area contributed by atoms with Gasteiger partial charge >= 0.3 is 0 Å². The van der Waals surface area contributed by atoms with Gasteiger partial charge in [-0.05, 0) is 30.5 Å². The van der Waals surface area contributed by atoms with Gasteiger partial charge in [0.15, 0.2) is 0 Å². The van der Waals surface area contributed by atoms with E-state index in [0.717, 1.165) is 22.0 Å². The van der Waals surface area contributed by atoms with Crippen molar-refractivity contribution in [1.29, 1.82) is 0 Å². The van der Waals surface area contributed by atoms with E-state index >= 15 is 0 Å². The second-order valence-corrected chi connectivity index (χ2v) is 8.20. The lowest BCUT2D eigenvalue weighted by Crippen LogP contribution is -2.53. The van der Waals surface area contributed by atoms with E-state index in [9.17, 15) is 14.7 Å². The third-order valence-electron chi connectivity index (χ3n) is 6.18. The number of aliphatic hydroxyl groups is 1. The fourth-order valence-electron chi connectivity index (χ4n) is 4.18. The van der Waals surface area contributed by atoms with Crippen LogP contribution < -0.4 is 0 Å². The summed E-state index contributed by atoms with van der Waals surface area (Å²) in [7, 11) is 1.93. The van der Waals surface area contributed by atoms with Crippen molar-refractivity contribution in [3.63, 3.8) is 0 Å². The van der Waals surface area contributed by atoms with Crippen molar-refractivity contribution in [2.45, 2.75) is 18.4 Å². The molecular weight excluding hydrogens is 380 g/mol. The van der Waals surface area contributed by atoms with Crippen LogP contribution in [0.4, 0.5) is 0 Å². The van der Waals surface area contributed by atoms with E-state index in [2.05, 4.69) is 11.2 Å². The van der Waals surface area contributed by atoms with Crippen LogP contribution in [0.1, 0.15) is 23.2 Å². The summed E-state index contributed by atoms with van der Waals surface area (Å²) in [6.07, 6.45) is 2.94. The maximum Gasteiger partial charge on any atom is 0.254 e. The van der Waals surface area contributed by atoms with Gasteiger partial charge in [0.05, 0.1) is 11.7 Å². The van der Waals surface area contributed by atoms with Gasteiger partial charge in [0.1, 0.15) is 5.60 Å². The van der Waals surface area contributed by atoms with Crippen LogP contribution in [0.3, 0.4) is 0 Å². The summed E-state index contributed by atoms with van der Waals surface area (Å²) in [5.41, 5.74) is 2.68. The second kappa shape index (κ2) is 6.95. The number of fused-ring (bicyclic) bond motifs is 1. The Bertz CT molecular complexity index is 1120. The second-order valence-electron chi connectivity index (χ2n) is 8.20. The quantitative estimate of drug-likeness (QED) is 0.725. The molecule has 7 heteroatoms. The maximum atomic E-state index is 12.9. The van der Waals surface area contributed by atoms with Gasteiger partial charge < -0.3 is 14.9 Å². The van der Waals surface area contributed by atoms with Gasteiger partial charge in [-0.25, -0.2) is 0 Å². The number of rotatable bonds is 3. The Hall–Kier alpha value is -3.19. The lowest BCUT2D eigenvalue weighted by atomic mass is 10.0. The number of carbonyl (C=O) groups is 2. The SMILES string of the molecule is Cn1ncc2cccc(-c3ccc(C(=O)N4CCN(C(=O)C5(O)CC5)CC4)cc3)c21. The number of piperazine rings is 1. The molecule has 1 saturated heterocycles. The average Bonchev–Trinajstić information content (AvgIpc) is 3.43. The number of hydrogen-bond donors (Lipinski definition) is 1. The minimum Gasteiger partial charge on any atom is -0.380 e. The number of aromatic nitrogens is 2. The monoisotopic (exact) mass is 404 g/mol. The van der Waals surface area contributed by atoms with E-state index in [0.29, 0.717) is 44.6 Å². The van der Waals surface area contributed by atoms with Crippen molar-refractivity contribution in [3.8, 4) is 11.1 Å². The summed E-state index contributed by atoms with van der Waals surface area (Å²) < 4.78 is 1.86. The first-order chi connectivity index (χ1) is 14.5. The van der Waals surface area contributed by atoms with Gasteiger partial charge in [0.2, 0.25) is 0 Å². The smallest absolute Gasteiger partial charge is 0.254 e. The number of nitrogens with zero attached hydrogens (tertiary/aromatic N) is 4.